The molecule has 0 unspecified atom stereocenters. The largest absolute Gasteiger partial charge is 0.394 e. The average Bonchev–Trinajstić information content (AvgIpc) is 2.57. The second-order valence-electron chi connectivity index (χ2n) is 6.96. The lowest BCUT2D eigenvalue weighted by atomic mass is 9.91. The van der Waals surface area contributed by atoms with Crippen LogP contribution in [0.4, 0.5) is 0 Å². The highest BCUT2D eigenvalue weighted by molar-refractivity contribution is 5.31. The Morgan fingerprint density at radius 1 is 0.957 bits per heavy atom. The van der Waals surface area contributed by atoms with E-state index in [-0.39, 0.29) is 13.2 Å². The molecule has 1 aromatic carbocycles. The predicted octanol–water partition coefficient (Wildman–Crippen LogP) is 3.51. The van der Waals surface area contributed by atoms with E-state index in [1.54, 1.807) is 0 Å². The molecule has 0 saturated heterocycles. The van der Waals surface area contributed by atoms with E-state index in [0.717, 1.165) is 12.8 Å². The molecule has 0 amide bonds. The van der Waals surface area contributed by atoms with Gasteiger partial charge in [0.15, 0.2) is 0 Å². The molecule has 1 aromatic rings. The van der Waals surface area contributed by atoms with E-state index < -0.39 is 5.54 Å². The quantitative estimate of drug-likeness (QED) is 0.516. The number of benzene rings is 1. The minimum Gasteiger partial charge on any atom is -0.394 e. The van der Waals surface area contributed by atoms with Crippen molar-refractivity contribution in [2.75, 3.05) is 13.2 Å². The van der Waals surface area contributed by atoms with Crippen molar-refractivity contribution >= 4 is 0 Å². The summed E-state index contributed by atoms with van der Waals surface area (Å²) in [6, 6.07) is 6.67. The van der Waals surface area contributed by atoms with E-state index in [4.69, 9.17) is 5.73 Å². The SMILES string of the molecule is CCCCCCCCc1ccc(CCC(N)(CO)CO)c(C)c1. The summed E-state index contributed by atoms with van der Waals surface area (Å²) >= 11 is 0. The summed E-state index contributed by atoms with van der Waals surface area (Å²) in [5.41, 5.74) is 9.02. The smallest absolute Gasteiger partial charge is 0.0633 e. The Bertz CT molecular complexity index is 441. The Morgan fingerprint density at radius 3 is 2.22 bits per heavy atom. The molecule has 3 nitrogen and oxygen atoms in total. The van der Waals surface area contributed by atoms with E-state index in [2.05, 4.69) is 32.0 Å². The Morgan fingerprint density at radius 2 is 1.61 bits per heavy atom. The van der Waals surface area contributed by atoms with Crippen LogP contribution in [0.15, 0.2) is 18.2 Å². The molecule has 0 fully saturated rings. The molecule has 4 N–H and O–H groups in total. The van der Waals surface area contributed by atoms with E-state index in [1.807, 2.05) is 0 Å². The summed E-state index contributed by atoms with van der Waals surface area (Å²) < 4.78 is 0. The van der Waals surface area contributed by atoms with Crippen LogP contribution in [-0.4, -0.2) is 29.0 Å². The van der Waals surface area contributed by atoms with Crippen LogP contribution in [0.1, 0.15) is 68.6 Å². The van der Waals surface area contributed by atoms with Gasteiger partial charge in [-0.1, -0.05) is 57.2 Å². The van der Waals surface area contributed by atoms with E-state index >= 15 is 0 Å². The van der Waals surface area contributed by atoms with Crippen LogP contribution in [0, 0.1) is 6.92 Å². The van der Waals surface area contributed by atoms with E-state index in [9.17, 15) is 10.2 Å². The van der Waals surface area contributed by atoms with Gasteiger partial charge in [0.05, 0.1) is 18.8 Å². The number of hydrogen-bond acceptors (Lipinski definition) is 3. The maximum atomic E-state index is 9.27. The monoisotopic (exact) mass is 321 g/mol. The van der Waals surface area contributed by atoms with Crippen LogP contribution >= 0.6 is 0 Å². The zero-order valence-corrected chi connectivity index (χ0v) is 15.0. The normalized spacial score (nSPS) is 11.9. The van der Waals surface area contributed by atoms with Crippen molar-refractivity contribution in [2.24, 2.45) is 5.73 Å². The Kier molecular flexibility index (Phi) is 9.46. The Hall–Kier alpha value is -0.900. The number of aliphatic hydroxyl groups is 2. The van der Waals surface area contributed by atoms with Crippen LogP contribution in [-0.2, 0) is 12.8 Å². The molecule has 0 bridgehead atoms. The summed E-state index contributed by atoms with van der Waals surface area (Å²) in [6.07, 6.45) is 10.5. The highest BCUT2D eigenvalue weighted by Gasteiger charge is 2.22. The van der Waals surface area contributed by atoms with Gasteiger partial charge in [-0.15, -0.1) is 0 Å². The molecule has 0 spiro atoms. The van der Waals surface area contributed by atoms with Gasteiger partial charge < -0.3 is 15.9 Å². The molecule has 23 heavy (non-hydrogen) atoms. The summed E-state index contributed by atoms with van der Waals surface area (Å²) in [4.78, 5) is 0. The zero-order valence-electron chi connectivity index (χ0n) is 15.0. The van der Waals surface area contributed by atoms with Crippen molar-refractivity contribution in [1.82, 2.24) is 0 Å². The zero-order chi connectivity index (χ0) is 17.1. The Labute approximate surface area is 141 Å². The summed E-state index contributed by atoms with van der Waals surface area (Å²) in [6.45, 7) is 4.02. The summed E-state index contributed by atoms with van der Waals surface area (Å²) in [5.74, 6) is 0. The van der Waals surface area contributed by atoms with Crippen molar-refractivity contribution in [1.29, 1.82) is 0 Å². The van der Waals surface area contributed by atoms with Gasteiger partial charge in [-0.05, 0) is 49.3 Å². The van der Waals surface area contributed by atoms with Gasteiger partial charge in [-0.3, -0.25) is 0 Å². The summed E-state index contributed by atoms with van der Waals surface area (Å²) in [5, 5.41) is 18.5. The van der Waals surface area contributed by atoms with Gasteiger partial charge in [0.25, 0.3) is 0 Å². The lowest BCUT2D eigenvalue weighted by molar-refractivity contribution is 0.115. The minimum absolute atomic E-state index is 0.182. The minimum atomic E-state index is -0.871. The molecule has 3 heteroatoms. The second kappa shape index (κ2) is 10.8. The molecule has 0 aromatic heterocycles. The van der Waals surface area contributed by atoms with Crippen LogP contribution in [0.3, 0.4) is 0 Å². The lowest BCUT2D eigenvalue weighted by Crippen LogP contribution is -2.47. The predicted molar refractivity (Wildman–Crippen MR) is 97.7 cm³/mol. The molecule has 0 aliphatic rings. The topological polar surface area (TPSA) is 66.5 Å². The van der Waals surface area contributed by atoms with Crippen LogP contribution < -0.4 is 5.73 Å². The van der Waals surface area contributed by atoms with Gasteiger partial charge in [0.1, 0.15) is 0 Å². The number of aryl methyl sites for hydroxylation is 3. The maximum absolute atomic E-state index is 9.27. The van der Waals surface area contributed by atoms with Crippen molar-refractivity contribution in [3.05, 3.63) is 34.9 Å². The number of hydrogen-bond donors (Lipinski definition) is 3. The van der Waals surface area contributed by atoms with Gasteiger partial charge in [-0.25, -0.2) is 0 Å². The fraction of sp³-hybridized carbons (Fsp3) is 0.700. The van der Waals surface area contributed by atoms with Gasteiger partial charge in [0, 0.05) is 0 Å². The molecule has 0 heterocycles. The molecular weight excluding hydrogens is 286 g/mol. The molecular formula is C20H35NO2. The fourth-order valence-corrected chi connectivity index (χ4v) is 2.90. The van der Waals surface area contributed by atoms with E-state index in [0.29, 0.717) is 6.42 Å². The highest BCUT2D eigenvalue weighted by Crippen LogP contribution is 2.18. The van der Waals surface area contributed by atoms with Crippen molar-refractivity contribution < 1.29 is 10.2 Å². The molecule has 1 rings (SSSR count). The molecule has 0 atom stereocenters. The first-order chi connectivity index (χ1) is 11.0. The summed E-state index contributed by atoms with van der Waals surface area (Å²) in [7, 11) is 0. The van der Waals surface area contributed by atoms with Gasteiger partial charge in [-0.2, -0.15) is 0 Å². The standard InChI is InChI=1S/C20H35NO2/c1-3-4-5-6-7-8-9-18-10-11-19(17(2)14-18)12-13-20(21,15-22)16-23/h10-11,14,22-23H,3-9,12-13,15-16,21H2,1-2H3. The van der Waals surface area contributed by atoms with Crippen molar-refractivity contribution in [3.8, 4) is 0 Å². The van der Waals surface area contributed by atoms with Gasteiger partial charge in [0.2, 0.25) is 0 Å². The van der Waals surface area contributed by atoms with Crippen LogP contribution in [0.2, 0.25) is 0 Å². The van der Waals surface area contributed by atoms with E-state index in [1.165, 1.54) is 55.2 Å². The number of rotatable bonds is 12. The Balaban J connectivity index is 2.42. The third-order valence-electron chi connectivity index (χ3n) is 4.75. The first-order valence-electron chi connectivity index (χ1n) is 9.13. The first kappa shape index (κ1) is 20.1. The molecule has 132 valence electrons. The average molecular weight is 322 g/mol. The highest BCUT2D eigenvalue weighted by atomic mass is 16.3. The number of unbranched alkanes of at least 4 members (excludes halogenated alkanes) is 5. The molecule has 0 saturated carbocycles. The molecule has 0 aliphatic carbocycles. The van der Waals surface area contributed by atoms with Crippen LogP contribution in [0.25, 0.3) is 0 Å². The maximum Gasteiger partial charge on any atom is 0.0633 e. The number of nitrogens with two attached hydrogens (primary N) is 1. The lowest BCUT2D eigenvalue weighted by Gasteiger charge is -2.24. The molecule has 0 radical (unpaired) electrons. The fourth-order valence-electron chi connectivity index (χ4n) is 2.90. The van der Waals surface area contributed by atoms with Crippen molar-refractivity contribution in [3.63, 3.8) is 0 Å². The third kappa shape index (κ3) is 7.47. The third-order valence-corrected chi connectivity index (χ3v) is 4.75. The number of aliphatic hydroxyl groups excluding tert-OH is 2. The van der Waals surface area contributed by atoms with Crippen LogP contribution in [0.5, 0.6) is 0 Å². The molecule has 0 aliphatic heterocycles. The van der Waals surface area contributed by atoms with Gasteiger partial charge >= 0.3 is 0 Å². The second-order valence-corrected chi connectivity index (χ2v) is 6.96. The first-order valence-corrected chi connectivity index (χ1v) is 9.13. The van der Waals surface area contributed by atoms with Crippen molar-refractivity contribution in [2.45, 2.75) is 77.2 Å².